The average Bonchev–Trinajstić information content (AvgIpc) is 3.38. The molecular weight excluding hydrogens is 462 g/mol. The van der Waals surface area contributed by atoms with E-state index in [2.05, 4.69) is 22.3 Å². The summed E-state index contributed by atoms with van der Waals surface area (Å²) in [5.41, 5.74) is 8.80. The van der Waals surface area contributed by atoms with E-state index in [9.17, 15) is 9.90 Å². The van der Waals surface area contributed by atoms with Crippen molar-refractivity contribution in [3.63, 3.8) is 0 Å². The van der Waals surface area contributed by atoms with Gasteiger partial charge < -0.3 is 20.1 Å². The van der Waals surface area contributed by atoms with Gasteiger partial charge in [0.15, 0.2) is 0 Å². The zero-order chi connectivity index (χ0) is 25.2. The number of hydrogen-bond acceptors (Lipinski definition) is 5. The molecule has 0 aromatic heterocycles. The second-order valence-electron chi connectivity index (χ2n) is 9.30. The molecule has 0 unspecified atom stereocenters. The minimum absolute atomic E-state index is 0.138. The first-order valence-electron chi connectivity index (χ1n) is 12.5. The van der Waals surface area contributed by atoms with Gasteiger partial charge in [0.05, 0.1) is 24.6 Å². The summed E-state index contributed by atoms with van der Waals surface area (Å²) in [6.45, 7) is 3.25. The van der Waals surface area contributed by atoms with Crippen LogP contribution in [0.1, 0.15) is 21.5 Å². The smallest absolute Gasteiger partial charge is 0.255 e. The molecule has 0 radical (unpaired) electrons. The first-order valence-corrected chi connectivity index (χ1v) is 12.5. The van der Waals surface area contributed by atoms with E-state index in [1.807, 2.05) is 66.7 Å². The number of morpholine rings is 1. The highest BCUT2D eigenvalue weighted by atomic mass is 16.5. The summed E-state index contributed by atoms with van der Waals surface area (Å²) in [7, 11) is 0. The summed E-state index contributed by atoms with van der Waals surface area (Å²) in [4.78, 5) is 19.9. The minimum Gasteiger partial charge on any atom is -0.508 e. The van der Waals surface area contributed by atoms with Crippen molar-refractivity contribution in [3.05, 3.63) is 108 Å². The minimum atomic E-state index is -0.138. The Balaban J connectivity index is 1.10. The molecule has 4 aromatic rings. The highest BCUT2D eigenvalue weighted by Gasteiger charge is 2.18. The number of ether oxygens (including phenoxy) is 1. The van der Waals surface area contributed by atoms with Crippen LogP contribution in [-0.2, 0) is 11.2 Å². The molecule has 184 valence electrons. The van der Waals surface area contributed by atoms with Crippen molar-refractivity contribution in [3.8, 4) is 16.9 Å². The molecule has 1 fully saturated rings. The molecule has 2 aliphatic heterocycles. The zero-order valence-electron chi connectivity index (χ0n) is 20.4. The van der Waals surface area contributed by atoms with E-state index >= 15 is 0 Å². The Morgan fingerprint density at radius 1 is 0.811 bits per heavy atom. The largest absolute Gasteiger partial charge is 0.508 e. The third-order valence-electron chi connectivity index (χ3n) is 6.88. The number of rotatable bonds is 5. The van der Waals surface area contributed by atoms with Gasteiger partial charge in [-0.1, -0.05) is 30.3 Å². The molecule has 2 N–H and O–H groups in total. The van der Waals surface area contributed by atoms with Gasteiger partial charge in [-0.25, -0.2) is 0 Å². The molecule has 4 aromatic carbocycles. The Labute approximate surface area is 215 Å². The van der Waals surface area contributed by atoms with Crippen molar-refractivity contribution >= 4 is 28.7 Å². The molecule has 1 amide bonds. The van der Waals surface area contributed by atoms with Crippen LogP contribution >= 0.6 is 0 Å². The fraction of sp³-hybridized carbons (Fsp3) is 0.161. The molecule has 0 saturated carbocycles. The van der Waals surface area contributed by atoms with Crippen molar-refractivity contribution in [2.45, 2.75) is 6.42 Å². The predicted octanol–water partition coefficient (Wildman–Crippen LogP) is 5.83. The highest BCUT2D eigenvalue weighted by Crippen LogP contribution is 2.33. The fourth-order valence-electron chi connectivity index (χ4n) is 4.80. The molecule has 6 nitrogen and oxygen atoms in total. The summed E-state index contributed by atoms with van der Waals surface area (Å²) in [5.74, 6) is 0.121. The van der Waals surface area contributed by atoms with Crippen molar-refractivity contribution in [1.82, 2.24) is 0 Å². The second-order valence-corrected chi connectivity index (χ2v) is 9.30. The maximum Gasteiger partial charge on any atom is 0.255 e. The Hall–Kier alpha value is -4.42. The first-order chi connectivity index (χ1) is 18.1. The van der Waals surface area contributed by atoms with Gasteiger partial charge in [0, 0.05) is 36.4 Å². The fourth-order valence-corrected chi connectivity index (χ4v) is 4.80. The van der Waals surface area contributed by atoms with Gasteiger partial charge in [0.2, 0.25) is 0 Å². The molecule has 0 spiro atoms. The maximum absolute atomic E-state index is 12.8. The van der Waals surface area contributed by atoms with Crippen LogP contribution < -0.4 is 10.2 Å². The van der Waals surface area contributed by atoms with Crippen molar-refractivity contribution < 1.29 is 14.6 Å². The topological polar surface area (TPSA) is 74.2 Å². The third kappa shape index (κ3) is 4.97. The van der Waals surface area contributed by atoms with Crippen molar-refractivity contribution in [1.29, 1.82) is 0 Å². The predicted molar refractivity (Wildman–Crippen MR) is 147 cm³/mol. The van der Waals surface area contributed by atoms with Crippen LogP contribution in [-0.4, -0.2) is 43.0 Å². The summed E-state index contributed by atoms with van der Waals surface area (Å²) in [6.07, 6.45) is 0.738. The van der Waals surface area contributed by atoms with Gasteiger partial charge >= 0.3 is 0 Å². The molecule has 6 rings (SSSR count). The number of phenolic OH excluding ortho intramolecular Hbond substituents is 1. The first kappa shape index (κ1) is 23.0. The third-order valence-corrected chi connectivity index (χ3v) is 6.88. The molecule has 37 heavy (non-hydrogen) atoms. The van der Waals surface area contributed by atoms with Gasteiger partial charge in [-0.3, -0.25) is 9.79 Å². The summed E-state index contributed by atoms with van der Waals surface area (Å²) >= 11 is 0. The number of nitrogens with zero attached hydrogens (tertiary/aromatic N) is 2. The Kier molecular flexibility index (Phi) is 6.16. The molecule has 2 aliphatic rings. The Bertz CT molecular complexity index is 1450. The van der Waals surface area contributed by atoms with E-state index in [4.69, 9.17) is 9.73 Å². The van der Waals surface area contributed by atoms with Crippen molar-refractivity contribution in [2.24, 2.45) is 4.99 Å². The second kappa shape index (κ2) is 9.91. The quantitative estimate of drug-likeness (QED) is 0.370. The number of aliphatic imine (C=N–C) groups is 1. The van der Waals surface area contributed by atoms with E-state index in [0.717, 1.165) is 72.2 Å². The number of fused-ring (bicyclic) bond motifs is 1. The van der Waals surface area contributed by atoms with E-state index in [1.165, 1.54) is 5.56 Å². The van der Waals surface area contributed by atoms with E-state index in [0.29, 0.717) is 5.56 Å². The summed E-state index contributed by atoms with van der Waals surface area (Å²) < 4.78 is 5.42. The number of hydrogen-bond donors (Lipinski definition) is 2. The van der Waals surface area contributed by atoms with Crippen LogP contribution in [0, 0.1) is 0 Å². The molecule has 6 heteroatoms. The number of benzene rings is 4. The van der Waals surface area contributed by atoms with Gasteiger partial charge in [0.25, 0.3) is 5.91 Å². The molecule has 0 bridgehead atoms. The molecule has 1 saturated heterocycles. The van der Waals surface area contributed by atoms with Gasteiger partial charge in [-0.05, 0) is 82.9 Å². The Morgan fingerprint density at radius 2 is 1.49 bits per heavy atom. The molecule has 0 aliphatic carbocycles. The van der Waals surface area contributed by atoms with Crippen molar-refractivity contribution in [2.75, 3.05) is 36.5 Å². The molecule has 0 atom stereocenters. The SMILES string of the molecule is O=C(Nc1ccc(N2CCOCC2)cc1)c1ccc(C2=Nc3ccc(-c4ccc(O)cc4)cc3C2)cc1. The zero-order valence-corrected chi connectivity index (χ0v) is 20.4. The van der Waals surface area contributed by atoms with Crippen LogP contribution in [0.25, 0.3) is 11.1 Å². The standard InChI is InChI=1S/C31H27N3O3/c35-28-12-5-21(6-13-28)24-7-14-29-25(19-24)20-30(33-29)22-1-3-23(4-2-22)31(36)32-26-8-10-27(11-9-26)34-15-17-37-18-16-34/h1-14,19,35H,15-18,20H2,(H,32,36). The number of amides is 1. The number of aromatic hydroxyl groups is 1. The highest BCUT2D eigenvalue weighted by molar-refractivity contribution is 6.08. The normalized spacial score (nSPS) is 14.7. The number of anilines is 2. The lowest BCUT2D eigenvalue weighted by atomic mass is 9.99. The van der Waals surface area contributed by atoms with Crippen LogP contribution in [0.5, 0.6) is 5.75 Å². The summed E-state index contributed by atoms with van der Waals surface area (Å²) in [6, 6.07) is 29.0. The molecule has 2 heterocycles. The summed E-state index contributed by atoms with van der Waals surface area (Å²) in [5, 5.41) is 12.5. The van der Waals surface area contributed by atoms with Gasteiger partial charge in [-0.15, -0.1) is 0 Å². The lowest BCUT2D eigenvalue weighted by Gasteiger charge is -2.28. The van der Waals surface area contributed by atoms with Crippen LogP contribution in [0.4, 0.5) is 17.1 Å². The van der Waals surface area contributed by atoms with Crippen LogP contribution in [0.2, 0.25) is 0 Å². The lowest BCUT2D eigenvalue weighted by molar-refractivity contribution is 0.102. The molecular formula is C31H27N3O3. The van der Waals surface area contributed by atoms with E-state index in [-0.39, 0.29) is 11.7 Å². The number of carbonyl (C=O) groups is 1. The number of phenols is 1. The van der Waals surface area contributed by atoms with Gasteiger partial charge in [-0.2, -0.15) is 0 Å². The van der Waals surface area contributed by atoms with E-state index in [1.54, 1.807) is 12.1 Å². The van der Waals surface area contributed by atoms with Gasteiger partial charge in [0.1, 0.15) is 5.75 Å². The maximum atomic E-state index is 12.8. The monoisotopic (exact) mass is 489 g/mol. The van der Waals surface area contributed by atoms with Crippen LogP contribution in [0.15, 0.2) is 96.0 Å². The number of nitrogens with one attached hydrogen (secondary N) is 1. The van der Waals surface area contributed by atoms with E-state index < -0.39 is 0 Å². The lowest BCUT2D eigenvalue weighted by Crippen LogP contribution is -2.36. The Morgan fingerprint density at radius 3 is 2.22 bits per heavy atom. The number of carbonyl (C=O) groups excluding carboxylic acids is 1. The van der Waals surface area contributed by atoms with Crippen LogP contribution in [0.3, 0.4) is 0 Å². The average molecular weight is 490 g/mol.